The molecule has 1 atom stereocenters. The molecule has 0 spiro atoms. The van der Waals surface area contributed by atoms with Crippen LogP contribution in [0.1, 0.15) is 6.42 Å². The fourth-order valence-corrected chi connectivity index (χ4v) is 0.391. The van der Waals surface area contributed by atoms with Gasteiger partial charge >= 0.3 is 5.97 Å². The number of nitrogens with two attached hydrogens (primary N) is 1. The molecule has 0 aromatic heterocycles. The molecule has 0 fully saturated rings. The van der Waals surface area contributed by atoms with Crippen LogP contribution in [-0.4, -0.2) is 23.7 Å². The van der Waals surface area contributed by atoms with Gasteiger partial charge in [0.1, 0.15) is 6.04 Å². The molecule has 0 saturated carbocycles. The summed E-state index contributed by atoms with van der Waals surface area (Å²) >= 11 is 0. The molecular formula is C4H9FN2O2. The lowest BCUT2D eigenvalue weighted by Crippen LogP contribution is -2.33. The van der Waals surface area contributed by atoms with Crippen molar-refractivity contribution in [3.05, 3.63) is 0 Å². The summed E-state index contributed by atoms with van der Waals surface area (Å²) in [5, 5.41) is 8.15. The first-order valence-corrected chi connectivity index (χ1v) is 2.51. The van der Waals surface area contributed by atoms with E-state index >= 15 is 0 Å². The molecule has 0 unspecified atom stereocenters. The number of carboxylic acids is 1. The topological polar surface area (TPSA) is 75.3 Å². The molecule has 0 bridgehead atoms. The minimum absolute atomic E-state index is 0.103. The van der Waals surface area contributed by atoms with E-state index < -0.39 is 12.0 Å². The zero-order valence-electron chi connectivity index (χ0n) is 4.80. The average Bonchev–Trinajstić information content (AvgIpc) is 1.82. The Hall–Kier alpha value is -0.680. The Balaban J connectivity index is 3.54. The van der Waals surface area contributed by atoms with E-state index in [0.717, 1.165) is 5.54 Å². The second-order valence-electron chi connectivity index (χ2n) is 1.58. The highest BCUT2D eigenvalue weighted by Crippen LogP contribution is 1.88. The normalized spacial score (nSPS) is 13.1. The van der Waals surface area contributed by atoms with Gasteiger partial charge in [-0.1, -0.05) is 0 Å². The van der Waals surface area contributed by atoms with Gasteiger partial charge in [-0.15, -0.1) is 10.0 Å². The summed E-state index contributed by atoms with van der Waals surface area (Å²) in [6.07, 6.45) is 0.103. The van der Waals surface area contributed by atoms with E-state index in [-0.39, 0.29) is 13.0 Å². The predicted octanol–water partition coefficient (Wildman–Crippen LogP) is -0.737. The standard InChI is InChI=1S/C4H9FN2O2/c5-7-3(1-2-6)4(8)9/h3,7H,1-2,6H2,(H,8,9)/t3-/m0/s1. The molecule has 0 aromatic carbocycles. The lowest BCUT2D eigenvalue weighted by Gasteiger charge is -2.04. The molecule has 4 N–H and O–H groups in total. The van der Waals surface area contributed by atoms with E-state index in [4.69, 9.17) is 10.8 Å². The summed E-state index contributed by atoms with van der Waals surface area (Å²) in [5.41, 5.74) is 6.10. The van der Waals surface area contributed by atoms with Crippen LogP contribution in [0.5, 0.6) is 0 Å². The fraction of sp³-hybridized carbons (Fsp3) is 0.750. The van der Waals surface area contributed by atoms with E-state index in [2.05, 4.69) is 0 Å². The van der Waals surface area contributed by atoms with Crippen LogP contribution in [0.2, 0.25) is 0 Å². The van der Waals surface area contributed by atoms with Crippen LogP contribution in [0.15, 0.2) is 0 Å². The SMILES string of the molecule is NCC[C@H](NF)C(=O)O. The van der Waals surface area contributed by atoms with Gasteiger partial charge in [-0.3, -0.25) is 4.79 Å². The number of hydrogen-bond donors (Lipinski definition) is 3. The van der Waals surface area contributed by atoms with Crippen molar-refractivity contribution in [3.63, 3.8) is 0 Å². The average molecular weight is 136 g/mol. The Labute approximate surface area is 51.8 Å². The third kappa shape index (κ3) is 2.99. The number of carboxylic acid groups (broad SMARTS) is 1. The van der Waals surface area contributed by atoms with E-state index in [1.807, 2.05) is 0 Å². The zero-order valence-corrected chi connectivity index (χ0v) is 4.80. The van der Waals surface area contributed by atoms with Gasteiger partial charge in [0.05, 0.1) is 0 Å². The number of hydrogen-bond acceptors (Lipinski definition) is 3. The molecule has 5 heteroatoms. The molecular weight excluding hydrogens is 127 g/mol. The number of rotatable bonds is 4. The molecule has 0 amide bonds. The zero-order chi connectivity index (χ0) is 7.28. The van der Waals surface area contributed by atoms with E-state index in [1.54, 1.807) is 0 Å². The van der Waals surface area contributed by atoms with Gasteiger partial charge in [-0.25, -0.2) is 0 Å². The predicted molar refractivity (Wildman–Crippen MR) is 29.3 cm³/mol. The van der Waals surface area contributed by atoms with Gasteiger partial charge in [0.25, 0.3) is 0 Å². The third-order valence-corrected chi connectivity index (χ3v) is 0.885. The summed E-state index contributed by atoms with van der Waals surface area (Å²) in [6.45, 7) is 0.161. The summed E-state index contributed by atoms with van der Waals surface area (Å²) in [6, 6.07) is -1.16. The Morgan fingerprint density at radius 1 is 1.89 bits per heavy atom. The Kier molecular flexibility index (Phi) is 3.90. The van der Waals surface area contributed by atoms with Crippen molar-refractivity contribution < 1.29 is 14.4 Å². The molecule has 0 rings (SSSR count). The van der Waals surface area contributed by atoms with Gasteiger partial charge in [0, 0.05) is 0 Å². The quantitative estimate of drug-likeness (QED) is 0.445. The van der Waals surface area contributed by atoms with Crippen LogP contribution in [0, 0.1) is 0 Å². The fourth-order valence-electron chi connectivity index (χ4n) is 0.391. The van der Waals surface area contributed by atoms with Gasteiger partial charge < -0.3 is 10.8 Å². The van der Waals surface area contributed by atoms with Gasteiger partial charge in [-0.2, -0.15) is 0 Å². The van der Waals surface area contributed by atoms with Crippen molar-refractivity contribution in [2.24, 2.45) is 5.73 Å². The van der Waals surface area contributed by atoms with Crippen LogP contribution in [0.25, 0.3) is 0 Å². The molecule has 0 aliphatic heterocycles. The maximum absolute atomic E-state index is 11.4. The van der Waals surface area contributed by atoms with Crippen molar-refractivity contribution in [1.82, 2.24) is 5.54 Å². The minimum Gasteiger partial charge on any atom is -0.480 e. The van der Waals surface area contributed by atoms with Gasteiger partial charge in [-0.05, 0) is 13.0 Å². The molecule has 4 nitrogen and oxygen atoms in total. The lowest BCUT2D eigenvalue weighted by molar-refractivity contribution is -0.141. The van der Waals surface area contributed by atoms with Gasteiger partial charge in [0.15, 0.2) is 0 Å². The highest BCUT2D eigenvalue weighted by molar-refractivity contribution is 5.73. The molecule has 54 valence electrons. The first-order valence-electron chi connectivity index (χ1n) is 2.51. The van der Waals surface area contributed by atoms with Crippen LogP contribution in [0.4, 0.5) is 4.48 Å². The first-order chi connectivity index (χ1) is 4.22. The molecule has 0 heterocycles. The summed E-state index contributed by atoms with van der Waals surface area (Å²) < 4.78 is 11.4. The second-order valence-corrected chi connectivity index (χ2v) is 1.58. The van der Waals surface area contributed by atoms with E-state index in [9.17, 15) is 9.28 Å². The molecule has 0 radical (unpaired) electrons. The molecule has 0 aliphatic carbocycles. The van der Waals surface area contributed by atoms with Crippen LogP contribution >= 0.6 is 0 Å². The second kappa shape index (κ2) is 4.22. The minimum atomic E-state index is -1.22. The van der Waals surface area contributed by atoms with Crippen LogP contribution < -0.4 is 11.3 Å². The summed E-state index contributed by atoms with van der Waals surface area (Å²) in [7, 11) is 0. The number of halogens is 1. The highest BCUT2D eigenvalue weighted by atomic mass is 19.2. The molecule has 0 saturated heterocycles. The Bertz CT molecular complexity index is 98.6. The van der Waals surface area contributed by atoms with Crippen molar-refractivity contribution >= 4 is 5.97 Å². The van der Waals surface area contributed by atoms with E-state index in [0.29, 0.717) is 0 Å². The Morgan fingerprint density at radius 3 is 2.56 bits per heavy atom. The maximum atomic E-state index is 11.4. The smallest absolute Gasteiger partial charge is 0.323 e. The molecule has 0 aliphatic rings. The first kappa shape index (κ1) is 8.32. The van der Waals surface area contributed by atoms with Crippen molar-refractivity contribution in [3.8, 4) is 0 Å². The lowest BCUT2D eigenvalue weighted by atomic mass is 10.2. The van der Waals surface area contributed by atoms with Crippen LogP contribution in [-0.2, 0) is 4.79 Å². The van der Waals surface area contributed by atoms with E-state index in [1.165, 1.54) is 0 Å². The largest absolute Gasteiger partial charge is 0.480 e. The summed E-state index contributed by atoms with van der Waals surface area (Å²) in [5.74, 6) is -1.22. The van der Waals surface area contributed by atoms with Crippen molar-refractivity contribution in [2.45, 2.75) is 12.5 Å². The van der Waals surface area contributed by atoms with Crippen molar-refractivity contribution in [2.75, 3.05) is 6.54 Å². The molecule has 9 heavy (non-hydrogen) atoms. The summed E-state index contributed by atoms with van der Waals surface area (Å²) in [4.78, 5) is 9.96. The van der Waals surface area contributed by atoms with Crippen LogP contribution in [0.3, 0.4) is 0 Å². The highest BCUT2D eigenvalue weighted by Gasteiger charge is 2.14. The van der Waals surface area contributed by atoms with Gasteiger partial charge in [0.2, 0.25) is 0 Å². The number of nitrogens with one attached hydrogen (secondary N) is 1. The number of aliphatic carboxylic acids is 1. The Morgan fingerprint density at radius 2 is 2.44 bits per heavy atom. The van der Waals surface area contributed by atoms with Crippen molar-refractivity contribution in [1.29, 1.82) is 0 Å². The monoisotopic (exact) mass is 136 g/mol. The third-order valence-electron chi connectivity index (χ3n) is 0.885. The molecule has 0 aromatic rings. The number of carbonyl (C=O) groups is 1. The maximum Gasteiger partial charge on any atom is 0.323 e.